The minimum absolute atomic E-state index is 0.0231. The van der Waals surface area contributed by atoms with Gasteiger partial charge in [0, 0.05) is 6.04 Å². The molecule has 0 aliphatic carbocycles. The van der Waals surface area contributed by atoms with Crippen molar-refractivity contribution < 1.29 is 18.0 Å². The first kappa shape index (κ1) is 16.3. The molecule has 1 N–H and O–H groups in total. The number of rotatable bonds is 3. The van der Waals surface area contributed by atoms with Gasteiger partial charge in [0.25, 0.3) is 0 Å². The molecule has 3 unspecified atom stereocenters. The Bertz CT molecular complexity index is 529. The van der Waals surface area contributed by atoms with Crippen LogP contribution < -0.4 is 5.32 Å². The third-order valence-electron chi connectivity index (χ3n) is 4.21. The van der Waals surface area contributed by atoms with E-state index in [1.165, 1.54) is 4.90 Å². The summed E-state index contributed by atoms with van der Waals surface area (Å²) < 4.78 is 23.6. The Kier molecular flexibility index (Phi) is 4.60. The van der Waals surface area contributed by atoms with Crippen LogP contribution in [0.25, 0.3) is 0 Å². The van der Waals surface area contributed by atoms with Crippen molar-refractivity contribution in [2.45, 2.75) is 58.2 Å². The number of sulfone groups is 1. The van der Waals surface area contributed by atoms with E-state index in [-0.39, 0.29) is 35.3 Å². The summed E-state index contributed by atoms with van der Waals surface area (Å²) in [4.78, 5) is 26.3. The summed E-state index contributed by atoms with van der Waals surface area (Å²) in [6.07, 6.45) is 1.78. The maximum Gasteiger partial charge on any atom is 0.246 e. The van der Waals surface area contributed by atoms with Crippen LogP contribution in [0.2, 0.25) is 0 Å². The van der Waals surface area contributed by atoms with Crippen LogP contribution >= 0.6 is 0 Å². The largest absolute Gasteiger partial charge is 0.343 e. The van der Waals surface area contributed by atoms with E-state index in [1.54, 1.807) is 6.92 Å². The maximum atomic E-state index is 12.6. The molecule has 0 aromatic heterocycles. The van der Waals surface area contributed by atoms with Gasteiger partial charge >= 0.3 is 0 Å². The Labute approximate surface area is 126 Å². The minimum atomic E-state index is -3.11. The second-order valence-corrected chi connectivity index (χ2v) is 8.75. The van der Waals surface area contributed by atoms with E-state index in [1.807, 2.05) is 13.8 Å². The van der Waals surface area contributed by atoms with E-state index in [0.29, 0.717) is 19.3 Å². The SMILES string of the molecule is CC(C)CC1NC(=O)C(C)N(C2CCCS(=O)(=O)C2)C1=O. The highest BCUT2D eigenvalue weighted by Gasteiger charge is 2.43. The van der Waals surface area contributed by atoms with Gasteiger partial charge < -0.3 is 10.2 Å². The molecule has 0 radical (unpaired) electrons. The Balaban J connectivity index is 2.22. The fourth-order valence-electron chi connectivity index (χ4n) is 3.20. The molecule has 2 aliphatic rings. The molecule has 0 bridgehead atoms. The van der Waals surface area contributed by atoms with Crippen LogP contribution in [0.15, 0.2) is 0 Å². The van der Waals surface area contributed by atoms with Crippen molar-refractivity contribution in [1.82, 2.24) is 10.2 Å². The molecule has 0 aromatic carbocycles. The highest BCUT2D eigenvalue weighted by Crippen LogP contribution is 2.24. The Morgan fingerprint density at radius 2 is 2.00 bits per heavy atom. The van der Waals surface area contributed by atoms with Gasteiger partial charge in [-0.25, -0.2) is 8.42 Å². The molecule has 2 saturated heterocycles. The molecule has 7 heteroatoms. The van der Waals surface area contributed by atoms with Gasteiger partial charge in [-0.3, -0.25) is 9.59 Å². The Morgan fingerprint density at radius 1 is 1.33 bits per heavy atom. The first-order valence-electron chi connectivity index (χ1n) is 7.54. The number of amides is 2. The Morgan fingerprint density at radius 3 is 2.57 bits per heavy atom. The molecule has 0 spiro atoms. The zero-order chi connectivity index (χ0) is 15.8. The van der Waals surface area contributed by atoms with Crippen LogP contribution in [-0.2, 0) is 19.4 Å². The van der Waals surface area contributed by atoms with Gasteiger partial charge in [-0.2, -0.15) is 0 Å². The van der Waals surface area contributed by atoms with Crippen molar-refractivity contribution in [2.24, 2.45) is 5.92 Å². The van der Waals surface area contributed by atoms with Crippen molar-refractivity contribution in [3.05, 3.63) is 0 Å². The molecule has 2 heterocycles. The van der Waals surface area contributed by atoms with Gasteiger partial charge in [-0.05, 0) is 32.1 Å². The van der Waals surface area contributed by atoms with E-state index in [0.717, 1.165) is 0 Å². The first-order chi connectivity index (χ1) is 9.71. The van der Waals surface area contributed by atoms with Gasteiger partial charge in [0.05, 0.1) is 11.5 Å². The van der Waals surface area contributed by atoms with Crippen molar-refractivity contribution in [3.8, 4) is 0 Å². The van der Waals surface area contributed by atoms with Crippen LogP contribution in [0, 0.1) is 5.92 Å². The second-order valence-electron chi connectivity index (χ2n) is 6.52. The lowest BCUT2D eigenvalue weighted by atomic mass is 9.97. The van der Waals surface area contributed by atoms with Gasteiger partial charge in [-0.15, -0.1) is 0 Å². The van der Waals surface area contributed by atoms with Gasteiger partial charge in [0.2, 0.25) is 11.8 Å². The highest BCUT2D eigenvalue weighted by atomic mass is 32.2. The molecular formula is C14H24N2O4S. The summed E-state index contributed by atoms with van der Waals surface area (Å²) in [6, 6.07) is -1.50. The molecular weight excluding hydrogens is 292 g/mol. The van der Waals surface area contributed by atoms with Gasteiger partial charge in [0.1, 0.15) is 12.1 Å². The van der Waals surface area contributed by atoms with Gasteiger partial charge in [0.15, 0.2) is 9.84 Å². The summed E-state index contributed by atoms with van der Waals surface area (Å²) >= 11 is 0. The summed E-state index contributed by atoms with van der Waals surface area (Å²) in [6.45, 7) is 5.65. The number of nitrogens with zero attached hydrogens (tertiary/aromatic N) is 1. The summed E-state index contributed by atoms with van der Waals surface area (Å²) in [5.74, 6) is 0.109. The van der Waals surface area contributed by atoms with Crippen molar-refractivity contribution in [1.29, 1.82) is 0 Å². The predicted octanol–water partition coefficient (Wildman–Crippen LogP) is 0.325. The second kappa shape index (κ2) is 5.94. The number of carbonyl (C=O) groups excluding carboxylic acids is 2. The lowest BCUT2D eigenvalue weighted by Gasteiger charge is -2.43. The zero-order valence-corrected chi connectivity index (χ0v) is 13.6. The number of nitrogens with one attached hydrogen (secondary N) is 1. The predicted molar refractivity (Wildman–Crippen MR) is 79.4 cm³/mol. The molecule has 0 saturated carbocycles. The normalized spacial score (nSPS) is 33.1. The fraction of sp³-hybridized carbons (Fsp3) is 0.857. The summed E-state index contributed by atoms with van der Waals surface area (Å²) in [5, 5.41) is 2.76. The molecule has 2 amide bonds. The standard InChI is InChI=1S/C14H24N2O4S/c1-9(2)7-12-14(18)16(10(3)13(17)15-12)11-5-4-6-21(19,20)8-11/h9-12H,4-8H2,1-3H3,(H,15,17). The van der Waals surface area contributed by atoms with E-state index >= 15 is 0 Å². The van der Waals surface area contributed by atoms with Crippen LogP contribution in [0.5, 0.6) is 0 Å². The molecule has 2 fully saturated rings. The maximum absolute atomic E-state index is 12.6. The van der Waals surface area contributed by atoms with Crippen LogP contribution in [0.3, 0.4) is 0 Å². The first-order valence-corrected chi connectivity index (χ1v) is 9.36. The van der Waals surface area contributed by atoms with Gasteiger partial charge in [-0.1, -0.05) is 13.8 Å². The molecule has 21 heavy (non-hydrogen) atoms. The Hall–Kier alpha value is -1.11. The quantitative estimate of drug-likeness (QED) is 0.813. The third-order valence-corrected chi connectivity index (χ3v) is 6.01. The zero-order valence-electron chi connectivity index (χ0n) is 12.8. The lowest BCUT2D eigenvalue weighted by molar-refractivity contribution is -0.151. The van der Waals surface area contributed by atoms with E-state index in [2.05, 4.69) is 5.32 Å². The average Bonchev–Trinajstić information content (AvgIpc) is 2.34. The fourth-order valence-corrected chi connectivity index (χ4v) is 4.88. The minimum Gasteiger partial charge on any atom is -0.343 e. The summed E-state index contributed by atoms with van der Waals surface area (Å²) in [5.41, 5.74) is 0. The van der Waals surface area contributed by atoms with E-state index in [4.69, 9.17) is 0 Å². The number of carbonyl (C=O) groups is 2. The van der Waals surface area contributed by atoms with Crippen molar-refractivity contribution >= 4 is 21.7 Å². The molecule has 120 valence electrons. The lowest BCUT2D eigenvalue weighted by Crippen LogP contribution is -2.66. The number of piperazine rings is 1. The average molecular weight is 316 g/mol. The van der Waals surface area contributed by atoms with Crippen LogP contribution in [-0.4, -0.2) is 54.8 Å². The van der Waals surface area contributed by atoms with Crippen LogP contribution in [0.4, 0.5) is 0 Å². The molecule has 6 nitrogen and oxygen atoms in total. The van der Waals surface area contributed by atoms with Crippen molar-refractivity contribution in [3.63, 3.8) is 0 Å². The smallest absolute Gasteiger partial charge is 0.246 e. The van der Waals surface area contributed by atoms with E-state index < -0.39 is 21.9 Å². The molecule has 3 atom stereocenters. The molecule has 0 aromatic rings. The topological polar surface area (TPSA) is 83.6 Å². The number of hydrogen-bond donors (Lipinski definition) is 1. The summed E-state index contributed by atoms with van der Waals surface area (Å²) in [7, 11) is -3.11. The third kappa shape index (κ3) is 3.56. The van der Waals surface area contributed by atoms with Crippen molar-refractivity contribution in [2.75, 3.05) is 11.5 Å². The molecule has 2 rings (SSSR count). The number of hydrogen-bond acceptors (Lipinski definition) is 4. The highest BCUT2D eigenvalue weighted by molar-refractivity contribution is 7.91. The monoisotopic (exact) mass is 316 g/mol. The molecule has 2 aliphatic heterocycles. The van der Waals surface area contributed by atoms with E-state index in [9.17, 15) is 18.0 Å². The van der Waals surface area contributed by atoms with Crippen LogP contribution in [0.1, 0.15) is 40.0 Å².